The van der Waals surface area contributed by atoms with E-state index in [1.807, 2.05) is 0 Å². The van der Waals surface area contributed by atoms with E-state index >= 15 is 0 Å². The summed E-state index contributed by atoms with van der Waals surface area (Å²) in [5.74, 6) is 0.826. The molecule has 0 aromatic heterocycles. The smallest absolute Gasteiger partial charge is 0.0227 e. The summed E-state index contributed by atoms with van der Waals surface area (Å²) in [4.78, 5) is 2.37. The molecule has 0 heterocycles. The molecule has 1 aliphatic rings. The molecule has 1 fully saturated rings. The Kier molecular flexibility index (Phi) is 1.55. The fraction of sp³-hybridized carbons (Fsp3) is 1.00. The van der Waals surface area contributed by atoms with E-state index in [4.69, 9.17) is 0 Å². The summed E-state index contributed by atoms with van der Waals surface area (Å²) in [6.45, 7) is 4.62. The lowest BCUT2D eigenvalue weighted by molar-refractivity contribution is 0.208. The summed E-state index contributed by atoms with van der Waals surface area (Å²) in [5, 5.41) is 0. The maximum absolute atomic E-state index is 2.37. The first-order chi connectivity index (χ1) is 4.09. The monoisotopic (exact) mass is 127 g/mol. The molecule has 0 atom stereocenters. The van der Waals surface area contributed by atoms with Crippen LogP contribution in [-0.4, -0.2) is 24.5 Å². The van der Waals surface area contributed by atoms with E-state index in [0.717, 1.165) is 5.92 Å². The zero-order valence-electron chi connectivity index (χ0n) is 6.94. The van der Waals surface area contributed by atoms with Gasteiger partial charge < -0.3 is 4.90 Å². The van der Waals surface area contributed by atoms with E-state index in [2.05, 4.69) is 32.8 Å². The molecule has 0 aliphatic heterocycles. The highest BCUT2D eigenvalue weighted by Gasteiger charge is 2.46. The Morgan fingerprint density at radius 2 is 1.67 bits per heavy atom. The van der Waals surface area contributed by atoms with Gasteiger partial charge in [0.2, 0.25) is 0 Å². The van der Waals surface area contributed by atoms with Crippen molar-refractivity contribution < 1.29 is 0 Å². The summed E-state index contributed by atoms with van der Waals surface area (Å²) in [6, 6.07) is 0. The fourth-order valence-electron chi connectivity index (χ4n) is 1.67. The van der Waals surface area contributed by atoms with Gasteiger partial charge in [0.25, 0.3) is 0 Å². The van der Waals surface area contributed by atoms with Crippen molar-refractivity contribution in [1.29, 1.82) is 0 Å². The Labute approximate surface area is 58.0 Å². The molecule has 1 saturated carbocycles. The first-order valence-corrected chi connectivity index (χ1v) is 3.77. The number of hydrogen-bond donors (Lipinski definition) is 0. The fourth-order valence-corrected chi connectivity index (χ4v) is 1.67. The predicted octanol–water partition coefficient (Wildman–Crippen LogP) is 1.74. The molecule has 1 nitrogen and oxygen atoms in total. The van der Waals surface area contributed by atoms with Crippen LogP contribution in [0.3, 0.4) is 0 Å². The zero-order valence-corrected chi connectivity index (χ0v) is 6.94. The molecule has 0 radical (unpaired) electrons. The van der Waals surface area contributed by atoms with Gasteiger partial charge >= 0.3 is 0 Å². The second kappa shape index (κ2) is 1.98. The third kappa shape index (κ3) is 0.983. The van der Waals surface area contributed by atoms with Crippen LogP contribution in [0.15, 0.2) is 0 Å². The van der Waals surface area contributed by atoms with E-state index in [1.54, 1.807) is 0 Å². The summed E-state index contributed by atoms with van der Waals surface area (Å²) < 4.78 is 0. The Hall–Kier alpha value is -0.0400. The maximum Gasteiger partial charge on any atom is 0.0227 e. The summed E-state index contributed by atoms with van der Waals surface area (Å²) >= 11 is 0. The predicted molar refractivity (Wildman–Crippen MR) is 40.5 cm³/mol. The van der Waals surface area contributed by atoms with Gasteiger partial charge in [-0.05, 0) is 32.9 Å². The van der Waals surface area contributed by atoms with Crippen molar-refractivity contribution >= 4 is 0 Å². The van der Waals surface area contributed by atoms with E-state index in [-0.39, 0.29) is 0 Å². The van der Waals surface area contributed by atoms with Crippen LogP contribution in [0.2, 0.25) is 0 Å². The van der Waals surface area contributed by atoms with E-state index < -0.39 is 0 Å². The quantitative estimate of drug-likeness (QED) is 0.546. The Morgan fingerprint density at radius 3 is 1.67 bits per heavy atom. The van der Waals surface area contributed by atoms with Gasteiger partial charge in [0.05, 0.1) is 0 Å². The third-order valence-corrected chi connectivity index (χ3v) is 2.73. The molecule has 1 heteroatoms. The van der Waals surface area contributed by atoms with Crippen LogP contribution in [-0.2, 0) is 0 Å². The van der Waals surface area contributed by atoms with Crippen molar-refractivity contribution in [3.05, 3.63) is 0 Å². The van der Waals surface area contributed by atoms with Crippen molar-refractivity contribution in [2.24, 2.45) is 5.92 Å². The van der Waals surface area contributed by atoms with E-state index in [0.29, 0.717) is 5.54 Å². The molecule has 1 rings (SSSR count). The first kappa shape index (κ1) is 7.07. The molecular formula is C8H17N. The molecule has 0 bridgehead atoms. The topological polar surface area (TPSA) is 3.24 Å². The van der Waals surface area contributed by atoms with E-state index in [1.165, 1.54) is 12.8 Å². The maximum atomic E-state index is 2.37. The lowest BCUT2D eigenvalue weighted by Gasteiger charge is -2.27. The van der Waals surface area contributed by atoms with Crippen molar-refractivity contribution in [3.63, 3.8) is 0 Å². The molecule has 54 valence electrons. The zero-order chi connectivity index (χ0) is 7.07. The van der Waals surface area contributed by atoms with Gasteiger partial charge in [-0.25, -0.2) is 0 Å². The van der Waals surface area contributed by atoms with Crippen molar-refractivity contribution in [3.8, 4) is 0 Å². The lowest BCUT2D eigenvalue weighted by Crippen LogP contribution is -2.34. The molecule has 0 N–H and O–H groups in total. The average molecular weight is 127 g/mol. The first-order valence-electron chi connectivity index (χ1n) is 3.77. The molecule has 0 amide bonds. The highest BCUT2D eigenvalue weighted by atomic mass is 15.2. The molecular weight excluding hydrogens is 110 g/mol. The van der Waals surface area contributed by atoms with Crippen LogP contribution in [0.25, 0.3) is 0 Å². The molecule has 1 aliphatic carbocycles. The molecule has 0 spiro atoms. The molecule has 0 aromatic carbocycles. The van der Waals surface area contributed by atoms with Crippen molar-refractivity contribution in [2.75, 3.05) is 14.1 Å². The number of hydrogen-bond acceptors (Lipinski definition) is 1. The average Bonchev–Trinajstić information content (AvgIpc) is 2.40. The van der Waals surface area contributed by atoms with Gasteiger partial charge in [0.1, 0.15) is 0 Å². The largest absolute Gasteiger partial charge is 0.303 e. The van der Waals surface area contributed by atoms with Gasteiger partial charge in [-0.15, -0.1) is 0 Å². The second-order valence-electron chi connectivity index (χ2n) is 3.65. The molecule has 9 heavy (non-hydrogen) atoms. The number of rotatable bonds is 2. The van der Waals surface area contributed by atoms with Gasteiger partial charge in [-0.1, -0.05) is 13.8 Å². The Bertz CT molecular complexity index is 91.1. The standard InChI is InChI=1S/C8H17N/c1-7(2)8(5-6-8)9(3)4/h7H,5-6H2,1-4H3. The minimum absolute atomic E-state index is 0.583. The second-order valence-corrected chi connectivity index (χ2v) is 3.65. The summed E-state index contributed by atoms with van der Waals surface area (Å²) in [5.41, 5.74) is 0.583. The molecule has 0 saturated heterocycles. The lowest BCUT2D eigenvalue weighted by atomic mass is 10.0. The normalized spacial score (nSPS) is 23.3. The Balaban J connectivity index is 2.52. The van der Waals surface area contributed by atoms with Crippen LogP contribution in [0.5, 0.6) is 0 Å². The summed E-state index contributed by atoms with van der Waals surface area (Å²) in [7, 11) is 4.38. The minimum atomic E-state index is 0.583. The van der Waals surface area contributed by atoms with Crippen LogP contribution in [0.1, 0.15) is 26.7 Å². The van der Waals surface area contributed by atoms with Crippen molar-refractivity contribution in [1.82, 2.24) is 4.90 Å². The van der Waals surface area contributed by atoms with Crippen LogP contribution >= 0.6 is 0 Å². The Morgan fingerprint density at radius 1 is 1.22 bits per heavy atom. The van der Waals surface area contributed by atoms with Gasteiger partial charge in [0.15, 0.2) is 0 Å². The third-order valence-electron chi connectivity index (χ3n) is 2.73. The highest BCUT2D eigenvalue weighted by Crippen LogP contribution is 2.45. The van der Waals surface area contributed by atoms with Crippen LogP contribution in [0, 0.1) is 5.92 Å². The number of nitrogens with zero attached hydrogens (tertiary/aromatic N) is 1. The molecule has 0 aromatic rings. The van der Waals surface area contributed by atoms with Gasteiger partial charge in [0, 0.05) is 5.54 Å². The highest BCUT2D eigenvalue weighted by molar-refractivity contribution is 5.03. The van der Waals surface area contributed by atoms with Gasteiger partial charge in [-0.2, -0.15) is 0 Å². The molecule has 0 unspecified atom stereocenters. The minimum Gasteiger partial charge on any atom is -0.303 e. The van der Waals surface area contributed by atoms with Gasteiger partial charge in [-0.3, -0.25) is 0 Å². The SMILES string of the molecule is CC(C)C1(N(C)C)CC1. The van der Waals surface area contributed by atoms with Crippen LogP contribution in [0.4, 0.5) is 0 Å². The summed E-state index contributed by atoms with van der Waals surface area (Å²) in [6.07, 6.45) is 2.80. The van der Waals surface area contributed by atoms with Crippen LogP contribution < -0.4 is 0 Å². The van der Waals surface area contributed by atoms with E-state index in [9.17, 15) is 0 Å². The van der Waals surface area contributed by atoms with Crippen molar-refractivity contribution in [2.45, 2.75) is 32.2 Å².